The van der Waals surface area contributed by atoms with Crippen LogP contribution < -0.4 is 0 Å². The van der Waals surface area contributed by atoms with Crippen molar-refractivity contribution in [1.82, 2.24) is 15.0 Å². The van der Waals surface area contributed by atoms with Gasteiger partial charge in [0.25, 0.3) is 0 Å². The molecule has 6 nitrogen and oxygen atoms in total. The molecular formula is C14H25N3O3S. The molecule has 0 aromatic carbocycles. The Balaban J connectivity index is 2.22. The van der Waals surface area contributed by atoms with Crippen molar-refractivity contribution in [3.05, 3.63) is 11.9 Å². The molecule has 120 valence electrons. The van der Waals surface area contributed by atoms with Crippen LogP contribution in [-0.2, 0) is 16.4 Å². The highest BCUT2D eigenvalue weighted by Gasteiger charge is 2.42. The molecule has 1 unspecified atom stereocenters. The zero-order valence-corrected chi connectivity index (χ0v) is 13.8. The maximum Gasteiger partial charge on any atom is 0.154 e. The van der Waals surface area contributed by atoms with Crippen molar-refractivity contribution in [3.63, 3.8) is 0 Å². The Morgan fingerprint density at radius 2 is 1.95 bits per heavy atom. The Kier molecular flexibility index (Phi) is 4.72. The van der Waals surface area contributed by atoms with E-state index in [9.17, 15) is 13.5 Å². The van der Waals surface area contributed by atoms with Crippen LogP contribution in [-0.4, -0.2) is 39.5 Å². The highest BCUT2D eigenvalue weighted by molar-refractivity contribution is 7.92. The molecule has 1 aromatic heterocycles. The molecule has 7 heteroatoms. The number of nitrogens with zero attached hydrogens (tertiary/aromatic N) is 3. The van der Waals surface area contributed by atoms with Gasteiger partial charge in [-0.1, -0.05) is 38.3 Å². The second kappa shape index (κ2) is 6.04. The van der Waals surface area contributed by atoms with E-state index in [-0.39, 0.29) is 5.92 Å². The number of sulfone groups is 1. The maximum absolute atomic E-state index is 12.3. The molecule has 1 heterocycles. The molecule has 1 N–H and O–H groups in total. The van der Waals surface area contributed by atoms with E-state index in [1.807, 2.05) is 13.8 Å². The van der Waals surface area contributed by atoms with Crippen molar-refractivity contribution in [1.29, 1.82) is 0 Å². The normalized spacial score (nSPS) is 20.6. The predicted octanol–water partition coefficient (Wildman–Crippen LogP) is 1.72. The van der Waals surface area contributed by atoms with Gasteiger partial charge in [0.05, 0.1) is 17.5 Å². The Morgan fingerprint density at radius 1 is 1.33 bits per heavy atom. The Hall–Kier alpha value is -0.950. The molecule has 1 saturated carbocycles. The molecule has 0 radical (unpaired) electrons. The van der Waals surface area contributed by atoms with E-state index in [4.69, 9.17) is 0 Å². The quantitative estimate of drug-likeness (QED) is 0.894. The standard InChI is InChI=1S/C14H25N3O3S/c1-11(2)13(18)12-9-17(16-15-12)10-14(21(3,19)20)7-5-4-6-8-14/h9,11,13,18H,4-8,10H2,1-3H3. The lowest BCUT2D eigenvalue weighted by Crippen LogP contribution is -2.44. The zero-order valence-electron chi connectivity index (χ0n) is 13.0. The Labute approximate surface area is 126 Å². The van der Waals surface area contributed by atoms with Crippen LogP contribution in [0.25, 0.3) is 0 Å². The second-order valence-corrected chi connectivity index (χ2v) is 8.96. The summed E-state index contributed by atoms with van der Waals surface area (Å²) in [6.45, 7) is 4.13. The monoisotopic (exact) mass is 315 g/mol. The lowest BCUT2D eigenvalue weighted by atomic mass is 9.88. The number of aliphatic hydroxyl groups is 1. The number of aliphatic hydroxyl groups excluding tert-OH is 1. The van der Waals surface area contributed by atoms with E-state index in [1.54, 1.807) is 10.9 Å². The molecule has 0 bridgehead atoms. The first-order chi connectivity index (χ1) is 9.75. The average molecular weight is 315 g/mol. The molecule has 0 amide bonds. The van der Waals surface area contributed by atoms with E-state index < -0.39 is 20.7 Å². The summed E-state index contributed by atoms with van der Waals surface area (Å²) in [4.78, 5) is 0. The van der Waals surface area contributed by atoms with Gasteiger partial charge in [-0.15, -0.1) is 5.10 Å². The van der Waals surface area contributed by atoms with Crippen molar-refractivity contribution in [2.24, 2.45) is 5.92 Å². The number of hydrogen-bond donors (Lipinski definition) is 1. The molecule has 0 aliphatic heterocycles. The lowest BCUT2D eigenvalue weighted by Gasteiger charge is -2.35. The minimum atomic E-state index is -3.16. The van der Waals surface area contributed by atoms with Gasteiger partial charge in [-0.3, -0.25) is 4.68 Å². The fourth-order valence-corrected chi connectivity index (χ4v) is 4.40. The molecule has 1 fully saturated rings. The first-order valence-corrected chi connectivity index (χ1v) is 9.42. The van der Waals surface area contributed by atoms with Crippen molar-refractivity contribution in [2.45, 2.75) is 63.3 Å². The average Bonchev–Trinajstić information content (AvgIpc) is 2.86. The third kappa shape index (κ3) is 3.45. The highest BCUT2D eigenvalue weighted by Crippen LogP contribution is 2.36. The molecule has 21 heavy (non-hydrogen) atoms. The van der Waals surface area contributed by atoms with E-state index >= 15 is 0 Å². The van der Waals surface area contributed by atoms with E-state index in [2.05, 4.69) is 10.3 Å². The Bertz CT molecular complexity index is 574. The van der Waals surface area contributed by atoms with Gasteiger partial charge in [0.1, 0.15) is 11.8 Å². The zero-order chi connectivity index (χ0) is 15.7. The van der Waals surface area contributed by atoms with Crippen LogP contribution >= 0.6 is 0 Å². The van der Waals surface area contributed by atoms with Crippen LogP contribution in [0.5, 0.6) is 0 Å². The van der Waals surface area contributed by atoms with Crippen molar-refractivity contribution >= 4 is 9.84 Å². The van der Waals surface area contributed by atoms with E-state index in [0.29, 0.717) is 25.1 Å². The molecule has 1 atom stereocenters. The van der Waals surface area contributed by atoms with E-state index in [0.717, 1.165) is 19.3 Å². The van der Waals surface area contributed by atoms with E-state index in [1.165, 1.54) is 6.26 Å². The number of rotatable bonds is 5. The summed E-state index contributed by atoms with van der Waals surface area (Å²) >= 11 is 0. The van der Waals surface area contributed by atoms with Crippen LogP contribution in [0.2, 0.25) is 0 Å². The van der Waals surface area contributed by atoms with Crippen LogP contribution in [0.4, 0.5) is 0 Å². The van der Waals surface area contributed by atoms with Gasteiger partial charge in [-0.05, 0) is 18.8 Å². The largest absolute Gasteiger partial charge is 0.386 e. The minimum Gasteiger partial charge on any atom is -0.386 e. The summed E-state index contributed by atoms with van der Waals surface area (Å²) < 4.78 is 25.3. The topological polar surface area (TPSA) is 85.1 Å². The molecule has 2 rings (SSSR count). The summed E-state index contributed by atoms with van der Waals surface area (Å²) in [5, 5.41) is 18.0. The van der Waals surface area contributed by atoms with Gasteiger partial charge in [-0.2, -0.15) is 0 Å². The maximum atomic E-state index is 12.3. The van der Waals surface area contributed by atoms with Gasteiger partial charge in [-0.25, -0.2) is 8.42 Å². The molecule has 1 aliphatic carbocycles. The summed E-state index contributed by atoms with van der Waals surface area (Å²) in [7, 11) is -3.16. The summed E-state index contributed by atoms with van der Waals surface area (Å²) in [5.74, 6) is 0.0497. The fourth-order valence-electron chi connectivity index (χ4n) is 3.01. The smallest absolute Gasteiger partial charge is 0.154 e. The van der Waals surface area contributed by atoms with Gasteiger partial charge in [0.15, 0.2) is 9.84 Å². The van der Waals surface area contributed by atoms with Crippen molar-refractivity contribution in [3.8, 4) is 0 Å². The SMILES string of the molecule is CC(C)C(O)c1cn(CC2(S(C)(=O)=O)CCCCC2)nn1. The summed E-state index contributed by atoms with van der Waals surface area (Å²) in [6, 6.07) is 0. The Morgan fingerprint density at radius 3 is 2.48 bits per heavy atom. The third-order valence-corrected chi connectivity index (χ3v) is 6.60. The highest BCUT2D eigenvalue weighted by atomic mass is 32.2. The number of hydrogen-bond acceptors (Lipinski definition) is 5. The van der Waals surface area contributed by atoms with Crippen LogP contribution in [0.15, 0.2) is 6.20 Å². The summed E-state index contributed by atoms with van der Waals surface area (Å²) in [6.07, 6.45) is 6.63. The molecular weight excluding hydrogens is 290 g/mol. The predicted molar refractivity (Wildman–Crippen MR) is 80.5 cm³/mol. The van der Waals surface area contributed by atoms with Crippen LogP contribution in [0.3, 0.4) is 0 Å². The van der Waals surface area contributed by atoms with Gasteiger partial charge >= 0.3 is 0 Å². The fraction of sp³-hybridized carbons (Fsp3) is 0.857. The number of aromatic nitrogens is 3. The molecule has 1 aliphatic rings. The second-order valence-electron chi connectivity index (χ2n) is 6.55. The third-order valence-electron chi connectivity index (χ3n) is 4.49. The first kappa shape index (κ1) is 16.4. The first-order valence-electron chi connectivity index (χ1n) is 7.53. The van der Waals surface area contributed by atoms with Gasteiger partial charge in [0, 0.05) is 6.26 Å². The molecule has 0 spiro atoms. The minimum absolute atomic E-state index is 0.0497. The summed E-state index contributed by atoms with van der Waals surface area (Å²) in [5.41, 5.74) is 0.504. The molecule has 0 saturated heterocycles. The van der Waals surface area contributed by atoms with Crippen molar-refractivity contribution < 1.29 is 13.5 Å². The van der Waals surface area contributed by atoms with Gasteiger partial charge < -0.3 is 5.11 Å². The lowest BCUT2D eigenvalue weighted by molar-refractivity contribution is 0.122. The van der Waals surface area contributed by atoms with Crippen LogP contribution in [0.1, 0.15) is 57.7 Å². The van der Waals surface area contributed by atoms with Crippen molar-refractivity contribution in [2.75, 3.05) is 6.26 Å². The van der Waals surface area contributed by atoms with Crippen LogP contribution in [0, 0.1) is 5.92 Å². The molecule has 1 aromatic rings. The van der Waals surface area contributed by atoms with Gasteiger partial charge in [0.2, 0.25) is 0 Å².